The number of rotatable bonds is 5. The van der Waals surface area contributed by atoms with Crippen LogP contribution < -0.4 is 5.32 Å². The maximum Gasteiger partial charge on any atom is 0.141 e. The monoisotopic (exact) mass is 296 g/mol. The van der Waals surface area contributed by atoms with Gasteiger partial charge in [-0.2, -0.15) is 0 Å². The summed E-state index contributed by atoms with van der Waals surface area (Å²) in [6.07, 6.45) is 1.66. The van der Waals surface area contributed by atoms with Gasteiger partial charge in [-0.1, -0.05) is 18.5 Å². The lowest BCUT2D eigenvalue weighted by Crippen LogP contribution is -2.24. The van der Waals surface area contributed by atoms with Crippen molar-refractivity contribution in [3.8, 4) is 0 Å². The molecule has 1 heterocycles. The van der Waals surface area contributed by atoms with E-state index in [1.807, 2.05) is 6.92 Å². The molecule has 0 fully saturated rings. The summed E-state index contributed by atoms with van der Waals surface area (Å²) in [7, 11) is 0. The molecule has 1 aromatic carbocycles. The minimum atomic E-state index is -0.382. The van der Waals surface area contributed by atoms with Gasteiger partial charge in [0.25, 0.3) is 0 Å². The summed E-state index contributed by atoms with van der Waals surface area (Å²) in [5, 5.41) is 3.76. The van der Waals surface area contributed by atoms with Crippen LogP contribution in [0.5, 0.6) is 0 Å². The van der Waals surface area contributed by atoms with E-state index in [-0.39, 0.29) is 17.7 Å². The molecule has 0 radical (unpaired) electrons. The van der Waals surface area contributed by atoms with Crippen LogP contribution >= 0.6 is 11.6 Å². The predicted octanol–water partition coefficient (Wildman–Crippen LogP) is 3.91. The molecule has 2 nitrogen and oxygen atoms in total. The minimum absolute atomic E-state index is 0.139. The maximum absolute atomic E-state index is 13.3. The van der Waals surface area contributed by atoms with E-state index in [1.165, 1.54) is 30.5 Å². The van der Waals surface area contributed by atoms with Crippen molar-refractivity contribution in [1.29, 1.82) is 0 Å². The molecule has 0 aliphatic rings. The average molecular weight is 297 g/mol. The molecular weight excluding hydrogens is 282 g/mol. The summed E-state index contributed by atoms with van der Waals surface area (Å²) in [5.41, 5.74) is 1.40. The highest BCUT2D eigenvalue weighted by molar-refractivity contribution is 6.31. The molecule has 20 heavy (non-hydrogen) atoms. The van der Waals surface area contributed by atoms with Gasteiger partial charge >= 0.3 is 0 Å². The first-order chi connectivity index (χ1) is 9.60. The zero-order chi connectivity index (χ0) is 14.5. The number of pyridine rings is 1. The number of aromatic nitrogens is 1. The molecule has 0 saturated heterocycles. The normalized spacial score (nSPS) is 12.4. The number of likely N-dealkylation sites (N-methyl/N-ethyl adjacent to an activating group) is 1. The van der Waals surface area contributed by atoms with Gasteiger partial charge in [-0.3, -0.25) is 4.98 Å². The Morgan fingerprint density at radius 3 is 2.60 bits per heavy atom. The lowest BCUT2D eigenvalue weighted by atomic mass is 10.0. The molecule has 1 unspecified atom stereocenters. The van der Waals surface area contributed by atoms with Crippen molar-refractivity contribution in [2.75, 3.05) is 6.54 Å². The fourth-order valence-corrected chi connectivity index (χ4v) is 2.24. The molecule has 0 aliphatic heterocycles. The molecule has 0 aliphatic carbocycles. The largest absolute Gasteiger partial charge is 0.309 e. The Morgan fingerprint density at radius 1 is 1.20 bits per heavy atom. The second-order valence-electron chi connectivity index (χ2n) is 4.45. The Kier molecular flexibility index (Phi) is 5.04. The molecular formula is C15H15ClF2N2. The first kappa shape index (κ1) is 14.9. The van der Waals surface area contributed by atoms with Crippen molar-refractivity contribution in [3.05, 3.63) is 64.4 Å². The minimum Gasteiger partial charge on any atom is -0.309 e. The standard InChI is InChI=1S/C15H15ClF2N2/c1-2-19-15(14-6-4-12(18)9-20-14)8-10-7-11(17)3-5-13(10)16/h3-7,9,15,19H,2,8H2,1H3. The lowest BCUT2D eigenvalue weighted by molar-refractivity contribution is 0.529. The van der Waals surface area contributed by atoms with Gasteiger partial charge in [0.2, 0.25) is 0 Å². The van der Waals surface area contributed by atoms with E-state index in [0.717, 1.165) is 6.54 Å². The van der Waals surface area contributed by atoms with E-state index in [4.69, 9.17) is 11.6 Å². The fourth-order valence-electron chi connectivity index (χ4n) is 2.04. The van der Waals surface area contributed by atoms with E-state index in [0.29, 0.717) is 22.7 Å². The third-order valence-electron chi connectivity index (χ3n) is 2.99. The zero-order valence-corrected chi connectivity index (χ0v) is 11.8. The van der Waals surface area contributed by atoms with Gasteiger partial charge in [0.1, 0.15) is 11.6 Å². The molecule has 2 aromatic rings. The first-order valence-electron chi connectivity index (χ1n) is 6.39. The summed E-state index contributed by atoms with van der Waals surface area (Å²) in [4.78, 5) is 4.07. The highest BCUT2D eigenvalue weighted by atomic mass is 35.5. The number of nitrogens with zero attached hydrogens (tertiary/aromatic N) is 1. The van der Waals surface area contributed by atoms with Crippen LogP contribution in [0.25, 0.3) is 0 Å². The first-order valence-corrected chi connectivity index (χ1v) is 6.76. The van der Waals surface area contributed by atoms with E-state index < -0.39 is 0 Å². The van der Waals surface area contributed by atoms with Crippen molar-refractivity contribution in [3.63, 3.8) is 0 Å². The second kappa shape index (κ2) is 6.77. The highest BCUT2D eigenvalue weighted by Gasteiger charge is 2.15. The van der Waals surface area contributed by atoms with Crippen LogP contribution in [0.15, 0.2) is 36.5 Å². The number of hydrogen-bond acceptors (Lipinski definition) is 2. The predicted molar refractivity (Wildman–Crippen MR) is 75.7 cm³/mol. The zero-order valence-electron chi connectivity index (χ0n) is 11.0. The maximum atomic E-state index is 13.3. The molecule has 0 spiro atoms. The smallest absolute Gasteiger partial charge is 0.141 e. The van der Waals surface area contributed by atoms with Gasteiger partial charge < -0.3 is 5.32 Å². The van der Waals surface area contributed by atoms with E-state index in [2.05, 4.69) is 10.3 Å². The van der Waals surface area contributed by atoms with Gasteiger partial charge in [0.15, 0.2) is 0 Å². The Bertz CT molecular complexity index is 573. The number of benzene rings is 1. The molecule has 1 atom stereocenters. The van der Waals surface area contributed by atoms with Crippen LogP contribution in [0, 0.1) is 11.6 Å². The summed E-state index contributed by atoms with van der Waals surface area (Å²) in [6.45, 7) is 2.68. The van der Waals surface area contributed by atoms with Gasteiger partial charge in [0.05, 0.1) is 17.9 Å². The van der Waals surface area contributed by atoms with E-state index >= 15 is 0 Å². The molecule has 0 saturated carbocycles. The topological polar surface area (TPSA) is 24.9 Å². The average Bonchev–Trinajstić information content (AvgIpc) is 2.43. The Hall–Kier alpha value is -1.52. The van der Waals surface area contributed by atoms with Crippen LogP contribution in [-0.2, 0) is 6.42 Å². The van der Waals surface area contributed by atoms with E-state index in [1.54, 1.807) is 6.07 Å². The van der Waals surface area contributed by atoms with Crippen molar-refractivity contribution < 1.29 is 8.78 Å². The van der Waals surface area contributed by atoms with Crippen LogP contribution in [0.4, 0.5) is 8.78 Å². The third-order valence-corrected chi connectivity index (χ3v) is 3.36. The molecule has 2 rings (SSSR count). The molecule has 5 heteroatoms. The molecule has 0 bridgehead atoms. The summed E-state index contributed by atoms with van der Waals surface area (Å²) >= 11 is 6.08. The van der Waals surface area contributed by atoms with Gasteiger partial charge in [-0.25, -0.2) is 8.78 Å². The lowest BCUT2D eigenvalue weighted by Gasteiger charge is -2.18. The number of nitrogens with one attached hydrogen (secondary N) is 1. The summed E-state index contributed by atoms with van der Waals surface area (Å²) in [6, 6.07) is 7.11. The number of hydrogen-bond donors (Lipinski definition) is 1. The van der Waals surface area contributed by atoms with Gasteiger partial charge in [0, 0.05) is 5.02 Å². The van der Waals surface area contributed by atoms with Crippen LogP contribution in [0.1, 0.15) is 24.2 Å². The van der Waals surface area contributed by atoms with E-state index in [9.17, 15) is 8.78 Å². The van der Waals surface area contributed by atoms with Crippen molar-refractivity contribution >= 4 is 11.6 Å². The highest BCUT2D eigenvalue weighted by Crippen LogP contribution is 2.23. The van der Waals surface area contributed by atoms with Crippen molar-refractivity contribution in [2.24, 2.45) is 0 Å². The molecule has 1 aromatic heterocycles. The second-order valence-corrected chi connectivity index (χ2v) is 4.86. The number of halogens is 3. The van der Waals surface area contributed by atoms with Crippen LogP contribution in [-0.4, -0.2) is 11.5 Å². The molecule has 1 N–H and O–H groups in total. The quantitative estimate of drug-likeness (QED) is 0.905. The fraction of sp³-hybridized carbons (Fsp3) is 0.267. The SMILES string of the molecule is CCNC(Cc1cc(F)ccc1Cl)c1ccc(F)cn1. The van der Waals surface area contributed by atoms with Crippen LogP contribution in [0.3, 0.4) is 0 Å². The van der Waals surface area contributed by atoms with Gasteiger partial charge in [-0.05, 0) is 48.9 Å². The summed E-state index contributed by atoms with van der Waals surface area (Å²) in [5.74, 6) is -0.709. The van der Waals surface area contributed by atoms with Crippen molar-refractivity contribution in [2.45, 2.75) is 19.4 Å². The Morgan fingerprint density at radius 2 is 1.95 bits per heavy atom. The Labute approximate surface area is 121 Å². The summed E-state index contributed by atoms with van der Waals surface area (Å²) < 4.78 is 26.2. The third kappa shape index (κ3) is 3.74. The van der Waals surface area contributed by atoms with Crippen molar-refractivity contribution in [1.82, 2.24) is 10.3 Å². The molecule has 106 valence electrons. The van der Waals surface area contributed by atoms with Gasteiger partial charge in [-0.15, -0.1) is 0 Å². The Balaban J connectivity index is 2.25. The van der Waals surface area contributed by atoms with Crippen LogP contribution in [0.2, 0.25) is 5.02 Å². The molecule has 0 amide bonds.